The molecule has 3 aliphatic heterocycles. The fourth-order valence-corrected chi connectivity index (χ4v) is 7.02. The van der Waals surface area contributed by atoms with Gasteiger partial charge in [0.1, 0.15) is 17.5 Å². The second kappa shape index (κ2) is 11.0. The van der Waals surface area contributed by atoms with E-state index in [0.29, 0.717) is 49.6 Å². The molecule has 2 saturated heterocycles. The molecule has 2 aromatic heterocycles. The number of urea groups is 1. The van der Waals surface area contributed by atoms with Crippen LogP contribution < -0.4 is 19.8 Å². The third kappa shape index (κ3) is 6.33. The Morgan fingerprint density at radius 3 is 2.55 bits per heavy atom. The van der Waals surface area contributed by atoms with Gasteiger partial charge in [-0.25, -0.2) is 19.5 Å². The third-order valence-corrected chi connectivity index (χ3v) is 9.68. The van der Waals surface area contributed by atoms with Crippen LogP contribution in [0.4, 0.5) is 22.2 Å². The summed E-state index contributed by atoms with van der Waals surface area (Å²) < 4.78 is 28.7. The highest BCUT2D eigenvalue weighted by Gasteiger charge is 2.42. The maximum absolute atomic E-state index is 13.6. The summed E-state index contributed by atoms with van der Waals surface area (Å²) >= 11 is 0. The fraction of sp³-hybridized carbons (Fsp3) is 0.600. The van der Waals surface area contributed by atoms with Gasteiger partial charge in [0.25, 0.3) is 15.9 Å². The molecule has 2 atom stereocenters. The molecular weight excluding hydrogens is 554 g/mol. The van der Waals surface area contributed by atoms with Crippen molar-refractivity contribution < 1.29 is 18.0 Å². The number of carbonyl (C=O) groups is 2. The Hall–Kier alpha value is -3.41. The van der Waals surface area contributed by atoms with Crippen molar-refractivity contribution in [1.29, 1.82) is 0 Å². The van der Waals surface area contributed by atoms with Gasteiger partial charge in [-0.05, 0) is 82.1 Å². The number of anilines is 3. The first-order chi connectivity index (χ1) is 19.6. The van der Waals surface area contributed by atoms with Crippen LogP contribution in [0.25, 0.3) is 0 Å². The molecule has 0 radical (unpaired) electrons. The smallest absolute Gasteiger partial charge is 0.325 e. The van der Waals surface area contributed by atoms with E-state index in [1.165, 1.54) is 6.07 Å². The molecule has 5 heterocycles. The lowest BCUT2D eigenvalue weighted by Gasteiger charge is -2.34. The largest absolute Gasteiger partial charge is 0.368 e. The summed E-state index contributed by atoms with van der Waals surface area (Å²) in [4.78, 5) is 41.8. The van der Waals surface area contributed by atoms with Gasteiger partial charge in [0.15, 0.2) is 5.03 Å². The van der Waals surface area contributed by atoms with Crippen molar-refractivity contribution in [2.45, 2.75) is 83.8 Å². The number of nitrogens with one attached hydrogen (secondary N) is 2. The Morgan fingerprint density at radius 2 is 1.81 bits per heavy atom. The van der Waals surface area contributed by atoms with Crippen molar-refractivity contribution in [3.63, 3.8) is 0 Å². The Bertz CT molecular complexity index is 1470. The van der Waals surface area contributed by atoms with Crippen molar-refractivity contribution in [3.8, 4) is 0 Å². The monoisotopic (exact) mass is 597 g/mol. The third-order valence-electron chi connectivity index (χ3n) is 8.45. The van der Waals surface area contributed by atoms with E-state index in [1.807, 2.05) is 4.90 Å². The standard InChI is InChI=1S/C30H43N7O4S/c1-20-10-11-21-18-30(5,6)37(19-21)26-22(27(38)34-42(40,41)25-9-7-8-23(31-20)32-25)12-13-24(33-26)36-17-16-35(28(36)39)15-14-29(2,3)4/h7-9,12-13,20-21H,10-11,14-19H2,1-6H3,(H,31,32)(H,34,38)/t20-,21-/m1/s1. The van der Waals surface area contributed by atoms with Crippen LogP contribution in [0.1, 0.15) is 77.6 Å². The zero-order valence-corrected chi connectivity index (χ0v) is 26.3. The van der Waals surface area contributed by atoms with Gasteiger partial charge in [0.2, 0.25) is 0 Å². The summed E-state index contributed by atoms with van der Waals surface area (Å²) in [6.45, 7) is 15.2. The van der Waals surface area contributed by atoms with Crippen LogP contribution >= 0.6 is 0 Å². The number of pyridine rings is 2. The van der Waals surface area contributed by atoms with Gasteiger partial charge in [0.05, 0.1) is 5.56 Å². The first-order valence-electron chi connectivity index (χ1n) is 14.8. The quantitative estimate of drug-likeness (QED) is 0.531. The molecule has 2 fully saturated rings. The number of amides is 3. The molecule has 3 amide bonds. The molecule has 0 spiro atoms. The van der Waals surface area contributed by atoms with Gasteiger partial charge in [-0.1, -0.05) is 26.8 Å². The Morgan fingerprint density at radius 1 is 1.05 bits per heavy atom. The SMILES string of the molecule is C[C@@H]1CC[C@H]2CN(c3nc(N4CCN(CCC(C)(C)C)C4=O)ccc3C(=O)NS(=O)(=O)c3cccc(n3)N1)C(C)(C)C2. The van der Waals surface area contributed by atoms with Gasteiger partial charge in [0, 0.05) is 37.8 Å². The maximum Gasteiger partial charge on any atom is 0.325 e. The lowest BCUT2D eigenvalue weighted by atomic mass is 9.92. The van der Waals surface area contributed by atoms with E-state index in [1.54, 1.807) is 29.2 Å². The molecular formula is C30H43N7O4S. The average molecular weight is 598 g/mol. The van der Waals surface area contributed by atoms with Crippen LogP contribution in [0.5, 0.6) is 0 Å². The number of carbonyl (C=O) groups excluding carboxylic acids is 2. The molecule has 12 heteroatoms. The highest BCUT2D eigenvalue weighted by molar-refractivity contribution is 7.90. The summed E-state index contributed by atoms with van der Waals surface area (Å²) in [6.07, 6.45) is 3.59. The lowest BCUT2D eigenvalue weighted by molar-refractivity contribution is 0.0981. The molecule has 0 unspecified atom stereocenters. The molecule has 11 nitrogen and oxygen atoms in total. The molecule has 0 aliphatic carbocycles. The van der Waals surface area contributed by atoms with E-state index in [2.05, 4.69) is 61.5 Å². The molecule has 228 valence electrons. The van der Waals surface area contributed by atoms with Crippen LogP contribution in [-0.4, -0.2) is 73.0 Å². The summed E-state index contributed by atoms with van der Waals surface area (Å²) in [5, 5.41) is 3.06. The summed E-state index contributed by atoms with van der Waals surface area (Å²) in [5.41, 5.74) is -0.0848. The van der Waals surface area contributed by atoms with Crippen molar-refractivity contribution in [2.24, 2.45) is 11.3 Å². The summed E-state index contributed by atoms with van der Waals surface area (Å²) in [7, 11) is -4.26. The normalized spacial score (nSPS) is 24.0. The number of aromatic nitrogens is 2. The van der Waals surface area contributed by atoms with E-state index < -0.39 is 15.9 Å². The van der Waals surface area contributed by atoms with Crippen molar-refractivity contribution in [3.05, 3.63) is 35.9 Å². The predicted molar refractivity (Wildman–Crippen MR) is 163 cm³/mol. The number of rotatable bonds is 3. The van der Waals surface area contributed by atoms with Gasteiger partial charge in [-0.3, -0.25) is 9.69 Å². The van der Waals surface area contributed by atoms with E-state index in [0.717, 1.165) is 25.7 Å². The molecule has 5 rings (SSSR count). The number of sulfonamides is 1. The lowest BCUT2D eigenvalue weighted by Crippen LogP contribution is -2.41. The molecule has 2 aromatic rings. The Kier molecular flexibility index (Phi) is 7.88. The number of hydrogen-bond donors (Lipinski definition) is 2. The van der Waals surface area contributed by atoms with Crippen LogP contribution in [-0.2, 0) is 10.0 Å². The summed E-state index contributed by atoms with van der Waals surface area (Å²) in [6, 6.07) is 7.88. The zero-order valence-electron chi connectivity index (χ0n) is 25.5. The van der Waals surface area contributed by atoms with Crippen molar-refractivity contribution in [1.82, 2.24) is 19.6 Å². The summed E-state index contributed by atoms with van der Waals surface area (Å²) in [5.74, 6) is 0.847. The average Bonchev–Trinajstić information content (AvgIpc) is 3.42. The highest BCUT2D eigenvalue weighted by Crippen LogP contribution is 2.40. The highest BCUT2D eigenvalue weighted by atomic mass is 32.2. The second-order valence-corrected chi connectivity index (χ2v) is 15.3. The molecule has 42 heavy (non-hydrogen) atoms. The van der Waals surface area contributed by atoms with Crippen LogP contribution in [0.2, 0.25) is 0 Å². The van der Waals surface area contributed by atoms with Crippen molar-refractivity contribution >= 4 is 39.4 Å². The van der Waals surface area contributed by atoms with E-state index >= 15 is 0 Å². The number of fused-ring (bicyclic) bond motifs is 6. The van der Waals surface area contributed by atoms with Crippen LogP contribution in [0.15, 0.2) is 35.4 Å². The Labute approximate surface area is 249 Å². The van der Waals surface area contributed by atoms with Crippen molar-refractivity contribution in [2.75, 3.05) is 41.3 Å². The maximum atomic E-state index is 13.6. The zero-order chi connectivity index (χ0) is 30.4. The second-order valence-electron chi connectivity index (χ2n) is 13.7. The van der Waals surface area contributed by atoms with Gasteiger partial charge in [-0.2, -0.15) is 8.42 Å². The first kappa shape index (κ1) is 30.1. The minimum atomic E-state index is -4.26. The predicted octanol–water partition coefficient (Wildman–Crippen LogP) is 4.47. The molecule has 0 saturated carbocycles. The van der Waals surface area contributed by atoms with Gasteiger partial charge >= 0.3 is 6.03 Å². The minimum Gasteiger partial charge on any atom is -0.368 e. The number of hydrogen-bond acceptors (Lipinski definition) is 8. The van der Waals surface area contributed by atoms with Gasteiger partial charge < -0.3 is 15.1 Å². The topological polar surface area (TPSA) is 128 Å². The van der Waals surface area contributed by atoms with Crippen LogP contribution in [0.3, 0.4) is 0 Å². The number of nitrogens with zero attached hydrogens (tertiary/aromatic N) is 5. The first-order valence-corrected chi connectivity index (χ1v) is 16.3. The van der Waals surface area contributed by atoms with Crippen LogP contribution in [0, 0.1) is 11.3 Å². The molecule has 3 aliphatic rings. The minimum absolute atomic E-state index is 0.0757. The van der Waals surface area contributed by atoms with E-state index in [9.17, 15) is 18.0 Å². The van der Waals surface area contributed by atoms with E-state index in [4.69, 9.17) is 4.98 Å². The van der Waals surface area contributed by atoms with E-state index in [-0.39, 0.29) is 33.6 Å². The fourth-order valence-electron chi connectivity index (χ4n) is 6.08. The molecule has 4 bridgehead atoms. The Balaban J connectivity index is 1.53. The molecule has 2 N–H and O–H groups in total. The van der Waals surface area contributed by atoms with Gasteiger partial charge in [-0.15, -0.1) is 0 Å². The molecule has 0 aromatic carbocycles.